The summed E-state index contributed by atoms with van der Waals surface area (Å²) >= 11 is 1.25. The van der Waals surface area contributed by atoms with E-state index in [0.717, 1.165) is 5.56 Å². The van der Waals surface area contributed by atoms with Crippen LogP contribution in [-0.4, -0.2) is 24.3 Å². The van der Waals surface area contributed by atoms with Crippen LogP contribution in [0, 0.1) is 0 Å². The fraction of sp³-hybridized carbons (Fsp3) is 0.306. The summed E-state index contributed by atoms with van der Waals surface area (Å²) in [4.78, 5) is 14.6. The van der Waals surface area contributed by atoms with Crippen molar-refractivity contribution in [2.24, 2.45) is 0 Å². The van der Waals surface area contributed by atoms with Gasteiger partial charge < -0.3 is 19.4 Å². The molecule has 0 aliphatic rings. The van der Waals surface area contributed by atoms with Gasteiger partial charge in [0.15, 0.2) is 11.5 Å². The maximum Gasteiger partial charge on any atom is 0.258 e. The van der Waals surface area contributed by atoms with E-state index in [9.17, 15) is 15.0 Å². The summed E-state index contributed by atoms with van der Waals surface area (Å²) in [5.74, 6) is 0.987. The van der Waals surface area contributed by atoms with Crippen LogP contribution in [0.15, 0.2) is 102 Å². The normalized spacial score (nSPS) is 12.5. The summed E-state index contributed by atoms with van der Waals surface area (Å²) in [5.41, 5.74) is 3.19. The van der Waals surface area contributed by atoms with Crippen LogP contribution in [0.1, 0.15) is 68.3 Å². The first-order chi connectivity index (χ1) is 20.5. The van der Waals surface area contributed by atoms with Crippen LogP contribution in [-0.2, 0) is 6.61 Å². The fourth-order valence-electron chi connectivity index (χ4n) is 5.89. The summed E-state index contributed by atoms with van der Waals surface area (Å²) in [6, 6.07) is 29.2. The Morgan fingerprint density at radius 1 is 0.744 bits per heavy atom. The highest BCUT2D eigenvalue weighted by Gasteiger charge is 2.47. The number of benzene rings is 4. The third-order valence-electron chi connectivity index (χ3n) is 8.00. The van der Waals surface area contributed by atoms with E-state index in [1.165, 1.54) is 11.8 Å². The Hall–Kier alpha value is -3.68. The van der Waals surface area contributed by atoms with Gasteiger partial charge in [0.25, 0.3) is 8.32 Å². The SMILES string of the molecule is CC(C)[Si](Oc1cc(C(Sc2cc(OCc3ccccc3)ccc2O)C(=O)c2ccccc2)ccc1O)(C(C)C)C(C)C. The van der Waals surface area contributed by atoms with Crippen molar-refractivity contribution in [3.63, 3.8) is 0 Å². The van der Waals surface area contributed by atoms with E-state index in [-0.39, 0.29) is 17.3 Å². The van der Waals surface area contributed by atoms with Gasteiger partial charge in [0, 0.05) is 5.56 Å². The molecule has 4 aromatic carbocycles. The highest BCUT2D eigenvalue weighted by molar-refractivity contribution is 8.00. The lowest BCUT2D eigenvalue weighted by Crippen LogP contribution is -2.50. The Bertz CT molecular complexity index is 1480. The van der Waals surface area contributed by atoms with Gasteiger partial charge in [-0.25, -0.2) is 0 Å². The second kappa shape index (κ2) is 14.2. The van der Waals surface area contributed by atoms with Crippen LogP contribution >= 0.6 is 11.8 Å². The number of ketones is 1. The number of phenols is 2. The molecule has 0 bridgehead atoms. The number of hydrogen-bond acceptors (Lipinski definition) is 6. The van der Waals surface area contributed by atoms with Gasteiger partial charge >= 0.3 is 0 Å². The molecule has 0 amide bonds. The van der Waals surface area contributed by atoms with Crippen molar-refractivity contribution in [3.05, 3.63) is 114 Å². The van der Waals surface area contributed by atoms with E-state index in [2.05, 4.69) is 41.5 Å². The summed E-state index contributed by atoms with van der Waals surface area (Å²) in [6.07, 6.45) is 0. The molecular formula is C36H42O5SSi. The highest BCUT2D eigenvalue weighted by atomic mass is 32.2. The van der Waals surface area contributed by atoms with E-state index in [1.54, 1.807) is 48.5 Å². The Labute approximate surface area is 261 Å². The molecule has 0 saturated carbocycles. The quantitative estimate of drug-likeness (QED) is 0.0887. The van der Waals surface area contributed by atoms with Gasteiger partial charge in [-0.05, 0) is 58.1 Å². The Balaban J connectivity index is 1.73. The molecular weight excluding hydrogens is 573 g/mol. The first-order valence-corrected chi connectivity index (χ1v) is 17.8. The van der Waals surface area contributed by atoms with Crippen LogP contribution < -0.4 is 9.16 Å². The van der Waals surface area contributed by atoms with Crippen molar-refractivity contribution in [3.8, 4) is 23.0 Å². The van der Waals surface area contributed by atoms with E-state index in [4.69, 9.17) is 9.16 Å². The zero-order valence-corrected chi connectivity index (χ0v) is 27.6. The second-order valence-electron chi connectivity index (χ2n) is 11.8. The van der Waals surface area contributed by atoms with Crippen LogP contribution in [0.5, 0.6) is 23.0 Å². The third kappa shape index (κ3) is 7.46. The molecule has 0 heterocycles. The molecule has 0 spiro atoms. The number of carbonyl (C=O) groups excluding carboxylic acids is 1. The number of Topliss-reactive ketones (excluding diaryl/α,β-unsaturated/α-hetero) is 1. The fourth-order valence-corrected chi connectivity index (χ4v) is 12.3. The van der Waals surface area contributed by atoms with Crippen molar-refractivity contribution < 1.29 is 24.2 Å². The van der Waals surface area contributed by atoms with Crippen molar-refractivity contribution in [1.82, 2.24) is 0 Å². The van der Waals surface area contributed by atoms with Crippen molar-refractivity contribution in [2.75, 3.05) is 0 Å². The monoisotopic (exact) mass is 614 g/mol. The number of hydrogen-bond donors (Lipinski definition) is 2. The van der Waals surface area contributed by atoms with E-state index >= 15 is 0 Å². The number of rotatable bonds is 13. The molecule has 2 N–H and O–H groups in total. The summed E-state index contributed by atoms with van der Waals surface area (Å²) < 4.78 is 12.9. The molecule has 0 aliphatic heterocycles. The maximum atomic E-state index is 14.0. The summed E-state index contributed by atoms with van der Waals surface area (Å²) in [7, 11) is -2.38. The minimum Gasteiger partial charge on any atom is -0.540 e. The number of ether oxygens (including phenoxy) is 1. The van der Waals surface area contributed by atoms with Crippen molar-refractivity contribution in [1.29, 1.82) is 0 Å². The lowest BCUT2D eigenvalue weighted by molar-refractivity contribution is 0.0989. The number of carbonyl (C=O) groups is 1. The molecule has 0 fully saturated rings. The van der Waals surface area contributed by atoms with Crippen LogP contribution in [0.3, 0.4) is 0 Å². The lowest BCUT2D eigenvalue weighted by atomic mass is 10.0. The van der Waals surface area contributed by atoms with Gasteiger partial charge in [-0.15, -0.1) is 11.8 Å². The molecule has 43 heavy (non-hydrogen) atoms. The lowest BCUT2D eigenvalue weighted by Gasteiger charge is -2.42. The Morgan fingerprint density at radius 3 is 1.93 bits per heavy atom. The van der Waals surface area contributed by atoms with Gasteiger partial charge in [0.1, 0.15) is 23.9 Å². The van der Waals surface area contributed by atoms with Crippen LogP contribution in [0.2, 0.25) is 16.6 Å². The molecule has 1 atom stereocenters. The van der Waals surface area contributed by atoms with Crippen molar-refractivity contribution in [2.45, 2.75) is 74.9 Å². The molecule has 5 nitrogen and oxygen atoms in total. The van der Waals surface area contributed by atoms with Gasteiger partial charge in [-0.3, -0.25) is 4.79 Å². The molecule has 0 aliphatic carbocycles. The van der Waals surface area contributed by atoms with Gasteiger partial charge in [0.05, 0.1) is 10.1 Å². The smallest absolute Gasteiger partial charge is 0.258 e. The average Bonchev–Trinajstić information content (AvgIpc) is 2.99. The van der Waals surface area contributed by atoms with Crippen LogP contribution in [0.4, 0.5) is 0 Å². The van der Waals surface area contributed by atoms with Crippen molar-refractivity contribution >= 4 is 25.9 Å². The second-order valence-corrected chi connectivity index (χ2v) is 18.3. The molecule has 7 heteroatoms. The number of phenolic OH excluding ortho intramolecular Hbond substituents is 2. The zero-order valence-electron chi connectivity index (χ0n) is 25.8. The molecule has 0 radical (unpaired) electrons. The van der Waals surface area contributed by atoms with E-state index in [0.29, 0.717) is 50.8 Å². The van der Waals surface area contributed by atoms with E-state index in [1.807, 2.05) is 48.5 Å². The first-order valence-electron chi connectivity index (χ1n) is 14.8. The van der Waals surface area contributed by atoms with E-state index < -0.39 is 13.6 Å². The van der Waals surface area contributed by atoms with Gasteiger partial charge in [0.2, 0.25) is 0 Å². The Kier molecular flexibility index (Phi) is 10.6. The molecule has 4 aromatic rings. The topological polar surface area (TPSA) is 76.0 Å². The summed E-state index contributed by atoms with van der Waals surface area (Å²) in [6.45, 7) is 13.6. The minimum absolute atomic E-state index is 0.0534. The third-order valence-corrected chi connectivity index (χ3v) is 15.3. The molecule has 0 aromatic heterocycles. The summed E-state index contributed by atoms with van der Waals surface area (Å²) in [5, 5.41) is 21.1. The molecule has 0 saturated heterocycles. The number of thioether (sulfide) groups is 1. The molecule has 226 valence electrons. The highest BCUT2D eigenvalue weighted by Crippen LogP contribution is 2.48. The zero-order chi connectivity index (χ0) is 31.1. The largest absolute Gasteiger partial charge is 0.540 e. The predicted octanol–water partition coefficient (Wildman–Crippen LogP) is 9.95. The van der Waals surface area contributed by atoms with Gasteiger partial charge in [-0.2, -0.15) is 0 Å². The maximum absolute atomic E-state index is 14.0. The Morgan fingerprint density at radius 2 is 1.33 bits per heavy atom. The minimum atomic E-state index is -2.38. The average molecular weight is 615 g/mol. The van der Waals surface area contributed by atoms with Gasteiger partial charge in [-0.1, -0.05) is 108 Å². The molecule has 1 unspecified atom stereocenters. The predicted molar refractivity (Wildman–Crippen MR) is 178 cm³/mol. The standard InChI is InChI=1S/C36H42O5SSi/c1-24(2)43(25(3)4,26(5)6)41-33-21-29(17-19-31(33)37)36(35(39)28-15-11-8-12-16-28)42-34-22-30(18-20-32(34)38)40-23-27-13-9-7-10-14-27/h7-22,24-26,36-38H,23H2,1-6H3. The van der Waals surface area contributed by atoms with Crippen LogP contribution in [0.25, 0.3) is 0 Å². The molecule has 4 rings (SSSR count). The number of aromatic hydroxyl groups is 2. The first kappa shape index (κ1) is 32.2.